The van der Waals surface area contributed by atoms with Crippen LogP contribution in [-0.4, -0.2) is 33.6 Å². The fourth-order valence-electron chi connectivity index (χ4n) is 1.10. The van der Waals surface area contributed by atoms with Gasteiger partial charge in [0.2, 0.25) is 0 Å². The predicted molar refractivity (Wildman–Crippen MR) is 81.9 cm³/mol. The largest absolute Gasteiger partial charge is 0.313 e. The van der Waals surface area contributed by atoms with E-state index in [1.807, 2.05) is 23.5 Å². The lowest BCUT2D eigenvalue weighted by molar-refractivity contribution is 0.619. The lowest BCUT2D eigenvalue weighted by atomic mass is 10.3. The zero-order chi connectivity index (χ0) is 12.8. The van der Waals surface area contributed by atoms with Crippen molar-refractivity contribution in [1.82, 2.24) is 5.32 Å². The zero-order valence-corrected chi connectivity index (χ0v) is 13.6. The molecule has 0 aliphatic rings. The van der Waals surface area contributed by atoms with Gasteiger partial charge in [0, 0.05) is 33.6 Å². The van der Waals surface area contributed by atoms with E-state index in [4.69, 9.17) is 0 Å². The molecule has 98 valence electrons. The minimum Gasteiger partial charge on any atom is -0.313 e. The normalized spacial score (nSPS) is 15.2. The zero-order valence-electron chi connectivity index (χ0n) is 12.0. The SMILES string of the molecule is CC(CSC(C)(C)C)NCCSC(C)(C)C. The highest BCUT2D eigenvalue weighted by Gasteiger charge is 2.13. The summed E-state index contributed by atoms with van der Waals surface area (Å²) >= 11 is 4.07. The first-order valence-electron chi connectivity index (χ1n) is 6.11. The lowest BCUT2D eigenvalue weighted by Crippen LogP contribution is -2.32. The van der Waals surface area contributed by atoms with E-state index in [9.17, 15) is 0 Å². The van der Waals surface area contributed by atoms with Crippen LogP contribution >= 0.6 is 23.5 Å². The number of thioether (sulfide) groups is 2. The Hall–Kier alpha value is 0.660. The Labute approximate surface area is 111 Å². The molecule has 0 saturated carbocycles. The second kappa shape index (κ2) is 7.17. The molecule has 0 aromatic carbocycles. The first kappa shape index (κ1) is 16.7. The maximum Gasteiger partial charge on any atom is 0.0130 e. The molecule has 0 aromatic heterocycles. The van der Waals surface area contributed by atoms with Crippen molar-refractivity contribution in [2.45, 2.75) is 64.0 Å². The van der Waals surface area contributed by atoms with Gasteiger partial charge in [0.1, 0.15) is 0 Å². The standard InChI is InChI=1S/C13H29NS2/c1-11(10-16-13(5,6)7)14-8-9-15-12(2,3)4/h11,14H,8-10H2,1-7H3. The third-order valence-electron chi connectivity index (χ3n) is 1.90. The molecule has 1 atom stereocenters. The monoisotopic (exact) mass is 263 g/mol. The van der Waals surface area contributed by atoms with E-state index in [0.29, 0.717) is 15.5 Å². The van der Waals surface area contributed by atoms with Crippen LogP contribution in [0.4, 0.5) is 0 Å². The molecular formula is C13H29NS2. The topological polar surface area (TPSA) is 12.0 Å². The van der Waals surface area contributed by atoms with Gasteiger partial charge in [-0.05, 0) is 6.92 Å². The maximum absolute atomic E-state index is 3.59. The smallest absolute Gasteiger partial charge is 0.0130 e. The van der Waals surface area contributed by atoms with Crippen molar-refractivity contribution in [3.8, 4) is 0 Å². The molecule has 0 bridgehead atoms. The number of hydrogen-bond donors (Lipinski definition) is 1. The Morgan fingerprint density at radius 1 is 0.938 bits per heavy atom. The van der Waals surface area contributed by atoms with Gasteiger partial charge in [0.25, 0.3) is 0 Å². The Kier molecular flexibility index (Phi) is 7.47. The Balaban J connectivity index is 3.48. The fraction of sp³-hybridized carbons (Fsp3) is 1.00. The number of nitrogens with one attached hydrogen (secondary N) is 1. The second-order valence-electron chi connectivity index (χ2n) is 6.24. The van der Waals surface area contributed by atoms with Crippen LogP contribution in [0.3, 0.4) is 0 Å². The van der Waals surface area contributed by atoms with Crippen LogP contribution in [0.15, 0.2) is 0 Å². The third-order valence-corrected chi connectivity index (χ3v) is 4.70. The summed E-state index contributed by atoms with van der Waals surface area (Å²) < 4.78 is 0.779. The van der Waals surface area contributed by atoms with Crippen molar-refractivity contribution in [3.05, 3.63) is 0 Å². The van der Waals surface area contributed by atoms with Crippen molar-refractivity contribution in [2.75, 3.05) is 18.1 Å². The van der Waals surface area contributed by atoms with Crippen LogP contribution in [0.5, 0.6) is 0 Å². The molecule has 0 spiro atoms. The molecule has 0 saturated heterocycles. The quantitative estimate of drug-likeness (QED) is 0.727. The molecule has 0 amide bonds. The predicted octanol–water partition coefficient (Wildman–Crippen LogP) is 4.03. The maximum atomic E-state index is 3.59. The Morgan fingerprint density at radius 2 is 1.44 bits per heavy atom. The summed E-state index contributed by atoms with van der Waals surface area (Å²) in [5.74, 6) is 2.40. The van der Waals surface area contributed by atoms with Crippen LogP contribution in [0.2, 0.25) is 0 Å². The molecule has 1 unspecified atom stereocenters. The molecule has 1 N–H and O–H groups in total. The van der Waals surface area contributed by atoms with E-state index >= 15 is 0 Å². The van der Waals surface area contributed by atoms with Gasteiger partial charge in [-0.15, -0.1) is 0 Å². The average Bonchev–Trinajstić information content (AvgIpc) is 2.06. The summed E-state index contributed by atoms with van der Waals surface area (Å²) in [5.41, 5.74) is 0. The van der Waals surface area contributed by atoms with Gasteiger partial charge in [-0.3, -0.25) is 0 Å². The Morgan fingerprint density at radius 3 is 1.88 bits per heavy atom. The molecule has 0 fully saturated rings. The molecular weight excluding hydrogens is 234 g/mol. The van der Waals surface area contributed by atoms with E-state index in [1.54, 1.807) is 0 Å². The van der Waals surface area contributed by atoms with Crippen LogP contribution in [0, 0.1) is 0 Å². The summed E-state index contributed by atoms with van der Waals surface area (Å²) in [7, 11) is 0. The van der Waals surface area contributed by atoms with Gasteiger partial charge in [-0.25, -0.2) is 0 Å². The molecule has 16 heavy (non-hydrogen) atoms. The van der Waals surface area contributed by atoms with Gasteiger partial charge < -0.3 is 5.32 Å². The van der Waals surface area contributed by atoms with Crippen molar-refractivity contribution >= 4 is 23.5 Å². The van der Waals surface area contributed by atoms with E-state index in [-0.39, 0.29) is 0 Å². The van der Waals surface area contributed by atoms with Crippen molar-refractivity contribution in [2.24, 2.45) is 0 Å². The van der Waals surface area contributed by atoms with E-state index in [0.717, 1.165) is 6.54 Å². The van der Waals surface area contributed by atoms with Gasteiger partial charge >= 0.3 is 0 Å². The molecule has 0 rings (SSSR count). The van der Waals surface area contributed by atoms with Crippen molar-refractivity contribution < 1.29 is 0 Å². The summed E-state index contributed by atoms with van der Waals surface area (Å²) in [4.78, 5) is 0. The minimum atomic E-state index is 0.385. The first-order chi connectivity index (χ1) is 7.10. The van der Waals surface area contributed by atoms with Gasteiger partial charge in [0.05, 0.1) is 0 Å². The fourth-order valence-corrected chi connectivity index (χ4v) is 2.80. The molecule has 0 radical (unpaired) electrons. The van der Waals surface area contributed by atoms with Gasteiger partial charge in [0.15, 0.2) is 0 Å². The second-order valence-corrected chi connectivity index (χ2v) is 10.0. The summed E-state index contributed by atoms with van der Waals surface area (Å²) in [6.45, 7) is 17.1. The summed E-state index contributed by atoms with van der Waals surface area (Å²) in [6.07, 6.45) is 0. The van der Waals surface area contributed by atoms with Crippen LogP contribution in [-0.2, 0) is 0 Å². The van der Waals surface area contributed by atoms with Crippen LogP contribution in [0.25, 0.3) is 0 Å². The highest BCUT2D eigenvalue weighted by Crippen LogP contribution is 2.24. The highest BCUT2D eigenvalue weighted by atomic mass is 32.2. The lowest BCUT2D eigenvalue weighted by Gasteiger charge is -2.22. The summed E-state index contributed by atoms with van der Waals surface area (Å²) in [6, 6.07) is 0.616. The number of hydrogen-bond acceptors (Lipinski definition) is 3. The average molecular weight is 264 g/mol. The first-order valence-corrected chi connectivity index (χ1v) is 8.08. The highest BCUT2D eigenvalue weighted by molar-refractivity contribution is 8.00. The van der Waals surface area contributed by atoms with Crippen LogP contribution in [0.1, 0.15) is 48.5 Å². The van der Waals surface area contributed by atoms with Gasteiger partial charge in [-0.2, -0.15) is 23.5 Å². The summed E-state index contributed by atoms with van der Waals surface area (Å²) in [5, 5.41) is 3.59. The third kappa shape index (κ3) is 12.7. The minimum absolute atomic E-state index is 0.385. The van der Waals surface area contributed by atoms with E-state index in [1.165, 1.54) is 11.5 Å². The van der Waals surface area contributed by atoms with Gasteiger partial charge in [-0.1, -0.05) is 41.5 Å². The van der Waals surface area contributed by atoms with Crippen molar-refractivity contribution in [3.63, 3.8) is 0 Å². The molecule has 0 heterocycles. The van der Waals surface area contributed by atoms with Crippen LogP contribution < -0.4 is 5.32 Å². The molecule has 3 heteroatoms. The molecule has 0 aromatic rings. The molecule has 1 nitrogen and oxygen atoms in total. The molecule has 0 aliphatic carbocycles. The Bertz CT molecular complexity index is 179. The van der Waals surface area contributed by atoms with E-state index in [2.05, 4.69) is 53.8 Å². The van der Waals surface area contributed by atoms with Crippen molar-refractivity contribution in [1.29, 1.82) is 0 Å². The molecule has 0 aliphatic heterocycles. The number of rotatable bonds is 6. The van der Waals surface area contributed by atoms with E-state index < -0.39 is 0 Å².